The van der Waals surface area contributed by atoms with Gasteiger partial charge < -0.3 is 0 Å². The Balaban J connectivity index is 2.51. The van der Waals surface area contributed by atoms with Crippen LogP contribution in [0.15, 0.2) is 21.6 Å². The Morgan fingerprint density at radius 1 is 1.50 bits per heavy atom. The molecular formula is C7H12Se. The standard InChI is InChI=1S/C7H12Se/c1-6(2)7-4-3-5-8-7/h3-6H,8H2,1-2H3. The SMILES string of the molecule is CC(C)C1=CC=C[SeH2]1. The zero-order valence-corrected chi connectivity index (χ0v) is 7.41. The minimum absolute atomic E-state index is 0.199. The van der Waals surface area contributed by atoms with Crippen molar-refractivity contribution in [2.24, 2.45) is 5.92 Å². The molecular weight excluding hydrogens is 163 g/mol. The number of hydrogen-bond acceptors (Lipinski definition) is 0. The zero-order valence-electron chi connectivity index (χ0n) is 5.31. The summed E-state index contributed by atoms with van der Waals surface area (Å²) in [7, 11) is 0. The van der Waals surface area contributed by atoms with E-state index in [0.717, 1.165) is 5.92 Å². The molecule has 1 aliphatic rings. The van der Waals surface area contributed by atoms with Crippen LogP contribution in [0.5, 0.6) is 0 Å². The molecule has 0 saturated carbocycles. The first-order valence-electron chi connectivity index (χ1n) is 2.94. The Hall–Kier alpha value is -0.000519. The molecule has 0 aromatic heterocycles. The molecule has 46 valence electrons. The molecule has 1 heteroatoms. The van der Waals surface area contributed by atoms with E-state index < -0.39 is 0 Å². The normalized spacial score (nSPS) is 22.6. The summed E-state index contributed by atoms with van der Waals surface area (Å²) < 4.78 is 1.69. The molecule has 1 aliphatic heterocycles. The fraction of sp³-hybridized carbons (Fsp3) is 0.429. The van der Waals surface area contributed by atoms with Gasteiger partial charge in [-0.3, -0.25) is 0 Å². The average Bonchev–Trinajstić information content (AvgIpc) is 2.12. The van der Waals surface area contributed by atoms with Gasteiger partial charge in [-0.1, -0.05) is 0 Å². The van der Waals surface area contributed by atoms with E-state index in [9.17, 15) is 0 Å². The second kappa shape index (κ2) is 2.52. The van der Waals surface area contributed by atoms with E-state index in [1.165, 1.54) is 0 Å². The number of hydrogen-bond donors (Lipinski definition) is 0. The van der Waals surface area contributed by atoms with Gasteiger partial charge in [-0.2, -0.15) is 0 Å². The monoisotopic (exact) mass is 176 g/mol. The number of rotatable bonds is 1. The van der Waals surface area contributed by atoms with Crippen LogP contribution in [0.25, 0.3) is 0 Å². The summed E-state index contributed by atoms with van der Waals surface area (Å²) in [5.74, 6) is 0.796. The first-order chi connectivity index (χ1) is 3.80. The summed E-state index contributed by atoms with van der Waals surface area (Å²) in [6.07, 6.45) is 4.46. The molecule has 1 rings (SSSR count). The molecule has 0 saturated heterocycles. The van der Waals surface area contributed by atoms with Gasteiger partial charge in [0.25, 0.3) is 0 Å². The Labute approximate surface area is 56.8 Å². The third-order valence-electron chi connectivity index (χ3n) is 1.24. The summed E-state index contributed by atoms with van der Waals surface area (Å²) in [6, 6.07) is 0. The predicted molar refractivity (Wildman–Crippen MR) is 40.6 cm³/mol. The molecule has 0 fully saturated rings. The van der Waals surface area contributed by atoms with Crippen LogP contribution in [-0.4, -0.2) is 15.0 Å². The van der Waals surface area contributed by atoms with E-state index in [0.29, 0.717) is 0 Å². The first-order valence-corrected chi connectivity index (χ1v) is 5.20. The van der Waals surface area contributed by atoms with Crippen molar-refractivity contribution in [2.45, 2.75) is 13.8 Å². The molecule has 1 heterocycles. The first kappa shape index (κ1) is 6.12. The third-order valence-corrected chi connectivity index (χ3v) is 4.26. The molecule has 0 spiro atoms. The van der Waals surface area contributed by atoms with Gasteiger partial charge in [0.1, 0.15) is 0 Å². The van der Waals surface area contributed by atoms with Gasteiger partial charge in [-0.25, -0.2) is 0 Å². The summed E-state index contributed by atoms with van der Waals surface area (Å²) in [6.45, 7) is 4.53. The molecule has 8 heavy (non-hydrogen) atoms. The van der Waals surface area contributed by atoms with Crippen LogP contribution in [0, 0.1) is 5.92 Å². The summed E-state index contributed by atoms with van der Waals surface area (Å²) in [5.41, 5.74) is 0. The van der Waals surface area contributed by atoms with E-state index in [1.807, 2.05) is 0 Å². The van der Waals surface area contributed by atoms with Crippen LogP contribution in [0.1, 0.15) is 13.8 Å². The van der Waals surface area contributed by atoms with Gasteiger partial charge >= 0.3 is 56.3 Å². The van der Waals surface area contributed by atoms with Crippen molar-refractivity contribution in [1.29, 1.82) is 0 Å². The van der Waals surface area contributed by atoms with E-state index in [2.05, 4.69) is 31.0 Å². The van der Waals surface area contributed by atoms with Crippen molar-refractivity contribution in [3.63, 3.8) is 0 Å². The van der Waals surface area contributed by atoms with Gasteiger partial charge in [-0.15, -0.1) is 0 Å². The van der Waals surface area contributed by atoms with Crippen molar-refractivity contribution >= 4 is 15.0 Å². The quantitative estimate of drug-likeness (QED) is 0.526. The Morgan fingerprint density at radius 3 is 2.50 bits per heavy atom. The minimum atomic E-state index is 0.199. The molecule has 0 aromatic rings. The van der Waals surface area contributed by atoms with Crippen LogP contribution in [0.2, 0.25) is 0 Å². The molecule has 0 N–H and O–H groups in total. The van der Waals surface area contributed by atoms with Gasteiger partial charge in [0.05, 0.1) is 0 Å². The second-order valence-electron chi connectivity index (χ2n) is 2.28. The van der Waals surface area contributed by atoms with E-state index in [-0.39, 0.29) is 15.0 Å². The molecule has 0 radical (unpaired) electrons. The van der Waals surface area contributed by atoms with Gasteiger partial charge in [0.2, 0.25) is 0 Å². The Bertz CT molecular complexity index is 131. The molecule has 0 aromatic carbocycles. The fourth-order valence-electron chi connectivity index (χ4n) is 0.703. The van der Waals surface area contributed by atoms with E-state index >= 15 is 0 Å². The van der Waals surface area contributed by atoms with Crippen molar-refractivity contribution < 1.29 is 0 Å². The van der Waals surface area contributed by atoms with Crippen LogP contribution in [0.4, 0.5) is 0 Å². The van der Waals surface area contributed by atoms with Gasteiger partial charge in [0, 0.05) is 0 Å². The topological polar surface area (TPSA) is 0 Å². The second-order valence-corrected chi connectivity index (χ2v) is 4.80. The van der Waals surface area contributed by atoms with Crippen LogP contribution < -0.4 is 0 Å². The number of allylic oxidation sites excluding steroid dienone is 3. The third kappa shape index (κ3) is 1.24. The zero-order chi connectivity index (χ0) is 5.98. The molecule has 0 unspecified atom stereocenters. The maximum absolute atomic E-state index is 2.33. The van der Waals surface area contributed by atoms with E-state index in [4.69, 9.17) is 0 Å². The maximum atomic E-state index is 2.33. The van der Waals surface area contributed by atoms with Crippen molar-refractivity contribution in [2.75, 3.05) is 0 Å². The summed E-state index contributed by atoms with van der Waals surface area (Å²) >= 11 is 0.199. The fourth-order valence-corrected chi connectivity index (χ4v) is 2.61. The Kier molecular flexibility index (Phi) is 1.93. The van der Waals surface area contributed by atoms with Crippen LogP contribution in [0.3, 0.4) is 0 Å². The molecule has 0 nitrogen and oxygen atoms in total. The predicted octanol–water partition coefficient (Wildman–Crippen LogP) is 1.22. The summed E-state index contributed by atoms with van der Waals surface area (Å²) in [4.78, 5) is 2.33. The van der Waals surface area contributed by atoms with Crippen molar-refractivity contribution in [3.05, 3.63) is 21.6 Å². The van der Waals surface area contributed by atoms with Gasteiger partial charge in [0.15, 0.2) is 0 Å². The van der Waals surface area contributed by atoms with Crippen LogP contribution in [-0.2, 0) is 0 Å². The molecule has 0 amide bonds. The van der Waals surface area contributed by atoms with Gasteiger partial charge in [-0.05, 0) is 0 Å². The molecule has 0 aliphatic carbocycles. The van der Waals surface area contributed by atoms with Crippen molar-refractivity contribution in [3.8, 4) is 0 Å². The summed E-state index contributed by atoms with van der Waals surface area (Å²) in [5, 5.41) is 0. The van der Waals surface area contributed by atoms with Crippen molar-refractivity contribution in [1.82, 2.24) is 0 Å². The van der Waals surface area contributed by atoms with E-state index in [1.54, 1.807) is 4.47 Å². The Morgan fingerprint density at radius 2 is 2.25 bits per heavy atom. The van der Waals surface area contributed by atoms with Crippen LogP contribution >= 0.6 is 0 Å². The molecule has 0 bridgehead atoms. The molecule has 0 atom stereocenters. The average molecular weight is 175 g/mol.